The summed E-state index contributed by atoms with van der Waals surface area (Å²) < 4.78 is 5.97. The Kier molecular flexibility index (Phi) is 4.67. The van der Waals surface area contributed by atoms with Crippen molar-refractivity contribution in [1.82, 2.24) is 10.2 Å². The van der Waals surface area contributed by atoms with Crippen molar-refractivity contribution in [2.24, 2.45) is 0 Å². The number of anilines is 1. The molecule has 3 aromatic carbocycles. The van der Waals surface area contributed by atoms with E-state index in [0.29, 0.717) is 16.8 Å². The van der Waals surface area contributed by atoms with E-state index >= 15 is 0 Å². The molecule has 4 aromatic rings. The van der Waals surface area contributed by atoms with Crippen molar-refractivity contribution >= 4 is 17.3 Å². The summed E-state index contributed by atoms with van der Waals surface area (Å²) in [5.41, 5.74) is 2.73. The third kappa shape index (κ3) is 3.46. The fraction of sp³-hybridized carbons (Fsp3) is 0.0476. The van der Waals surface area contributed by atoms with E-state index in [0.717, 1.165) is 16.8 Å². The van der Waals surface area contributed by atoms with Crippen molar-refractivity contribution in [2.75, 3.05) is 5.32 Å². The van der Waals surface area contributed by atoms with Crippen molar-refractivity contribution in [3.8, 4) is 11.5 Å². The molecule has 1 heterocycles. The summed E-state index contributed by atoms with van der Waals surface area (Å²) in [5.74, 6) is 0.886. The number of rotatable bonds is 5. The molecule has 0 aliphatic heterocycles. The van der Waals surface area contributed by atoms with Crippen LogP contribution in [0, 0.1) is 0 Å². The second-order valence-corrected chi connectivity index (χ2v) is 6.19. The highest BCUT2D eigenvalue weighted by Crippen LogP contribution is 2.30. The molecule has 0 amide bonds. The number of aromatic nitrogens is 2. The largest absolute Gasteiger partial charge is 0.418 e. The van der Waals surface area contributed by atoms with E-state index in [1.165, 1.54) is 0 Å². The van der Waals surface area contributed by atoms with Crippen LogP contribution in [0.25, 0.3) is 11.5 Å². The zero-order valence-corrected chi connectivity index (χ0v) is 14.6. The lowest BCUT2D eigenvalue weighted by Gasteiger charge is -2.16. The first-order chi connectivity index (χ1) is 12.8. The molecule has 0 aliphatic rings. The third-order valence-corrected chi connectivity index (χ3v) is 4.34. The highest BCUT2D eigenvalue weighted by molar-refractivity contribution is 6.33. The molecule has 4 nitrogen and oxygen atoms in total. The van der Waals surface area contributed by atoms with E-state index in [-0.39, 0.29) is 6.04 Å². The van der Waals surface area contributed by atoms with E-state index in [9.17, 15) is 0 Å². The summed E-state index contributed by atoms with van der Waals surface area (Å²) in [6, 6.07) is 27.1. The van der Waals surface area contributed by atoms with E-state index < -0.39 is 0 Å². The number of halogens is 1. The maximum Gasteiger partial charge on any atom is 0.249 e. The molecule has 0 spiro atoms. The van der Waals surface area contributed by atoms with Gasteiger partial charge in [-0.15, -0.1) is 10.2 Å². The predicted molar refractivity (Wildman–Crippen MR) is 103 cm³/mol. The lowest BCUT2D eigenvalue weighted by molar-refractivity contribution is 0.494. The number of hydrogen-bond acceptors (Lipinski definition) is 4. The van der Waals surface area contributed by atoms with Crippen molar-refractivity contribution < 1.29 is 4.42 Å². The highest BCUT2D eigenvalue weighted by Gasteiger charge is 2.22. The summed E-state index contributed by atoms with van der Waals surface area (Å²) >= 11 is 6.25. The number of benzene rings is 3. The zero-order chi connectivity index (χ0) is 17.8. The van der Waals surface area contributed by atoms with Gasteiger partial charge in [0.2, 0.25) is 11.8 Å². The van der Waals surface area contributed by atoms with Crippen molar-refractivity contribution in [2.45, 2.75) is 6.04 Å². The van der Waals surface area contributed by atoms with Crippen molar-refractivity contribution in [3.05, 3.63) is 101 Å². The van der Waals surface area contributed by atoms with Crippen LogP contribution >= 0.6 is 11.6 Å². The average molecular weight is 362 g/mol. The second-order valence-electron chi connectivity index (χ2n) is 5.78. The fourth-order valence-electron chi connectivity index (χ4n) is 2.73. The first-order valence-electron chi connectivity index (χ1n) is 8.26. The van der Waals surface area contributed by atoms with Crippen LogP contribution in [0.3, 0.4) is 0 Å². The van der Waals surface area contributed by atoms with Crippen LogP contribution in [0.15, 0.2) is 89.3 Å². The van der Waals surface area contributed by atoms with Crippen LogP contribution in [0.1, 0.15) is 17.5 Å². The first-order valence-corrected chi connectivity index (χ1v) is 8.64. The summed E-state index contributed by atoms with van der Waals surface area (Å²) in [6.07, 6.45) is 0. The van der Waals surface area contributed by atoms with Crippen LogP contribution in [-0.4, -0.2) is 10.2 Å². The molecule has 1 N–H and O–H groups in total. The summed E-state index contributed by atoms with van der Waals surface area (Å²) in [6.45, 7) is 0. The molecule has 5 heteroatoms. The number of para-hydroxylation sites is 1. The van der Waals surface area contributed by atoms with Crippen LogP contribution in [0.2, 0.25) is 5.02 Å². The predicted octanol–water partition coefficient (Wildman–Crippen LogP) is 5.59. The highest BCUT2D eigenvalue weighted by atomic mass is 35.5. The Morgan fingerprint density at radius 2 is 1.42 bits per heavy atom. The molecule has 0 saturated carbocycles. The molecule has 0 radical (unpaired) electrons. The minimum absolute atomic E-state index is 0.262. The lowest BCUT2D eigenvalue weighted by atomic mass is 10.1. The zero-order valence-electron chi connectivity index (χ0n) is 13.8. The van der Waals surface area contributed by atoms with Gasteiger partial charge in [0.05, 0.1) is 10.6 Å². The van der Waals surface area contributed by atoms with Gasteiger partial charge in [-0.2, -0.15) is 0 Å². The van der Waals surface area contributed by atoms with Gasteiger partial charge in [-0.3, -0.25) is 0 Å². The molecule has 26 heavy (non-hydrogen) atoms. The molecule has 0 unspecified atom stereocenters. The molecule has 0 aliphatic carbocycles. The first kappa shape index (κ1) is 16.4. The number of nitrogens with zero attached hydrogens (tertiary/aromatic N) is 2. The standard InChI is InChI=1S/C21H16ClN3O/c22-18-14-8-7-13-17(18)20-24-25-21(26-20)19(15-9-3-1-4-10-15)23-16-11-5-2-6-12-16/h1-14,19,23H/t19-/m0/s1. The molecule has 0 bridgehead atoms. The average Bonchev–Trinajstić information content (AvgIpc) is 3.17. The molecular formula is C21H16ClN3O. The van der Waals surface area contributed by atoms with E-state index in [4.69, 9.17) is 16.0 Å². The monoisotopic (exact) mass is 361 g/mol. The van der Waals surface area contributed by atoms with Gasteiger partial charge in [0.25, 0.3) is 0 Å². The summed E-state index contributed by atoms with van der Waals surface area (Å²) in [7, 11) is 0. The van der Waals surface area contributed by atoms with Crippen molar-refractivity contribution in [3.63, 3.8) is 0 Å². The molecule has 0 saturated heterocycles. The Morgan fingerprint density at radius 3 is 2.15 bits per heavy atom. The quantitative estimate of drug-likeness (QED) is 0.503. The molecule has 0 fully saturated rings. The Hall–Kier alpha value is -3.11. The Labute approximate surface area is 156 Å². The van der Waals surface area contributed by atoms with Crippen LogP contribution in [-0.2, 0) is 0 Å². The van der Waals surface area contributed by atoms with E-state index in [1.807, 2.05) is 78.9 Å². The van der Waals surface area contributed by atoms with Gasteiger partial charge >= 0.3 is 0 Å². The maximum atomic E-state index is 6.25. The minimum atomic E-state index is -0.262. The van der Waals surface area contributed by atoms with E-state index in [2.05, 4.69) is 15.5 Å². The van der Waals surface area contributed by atoms with Gasteiger partial charge in [0.1, 0.15) is 6.04 Å². The van der Waals surface area contributed by atoms with Gasteiger partial charge in [0, 0.05) is 5.69 Å². The third-order valence-electron chi connectivity index (χ3n) is 4.01. The second kappa shape index (κ2) is 7.42. The number of hydrogen-bond donors (Lipinski definition) is 1. The lowest BCUT2D eigenvalue weighted by Crippen LogP contribution is -2.12. The van der Waals surface area contributed by atoms with E-state index in [1.54, 1.807) is 6.07 Å². The Balaban J connectivity index is 1.72. The molecular weight excluding hydrogens is 346 g/mol. The SMILES string of the molecule is Clc1ccccc1-c1nnc([C@@H](Nc2ccccc2)c2ccccc2)o1. The smallest absolute Gasteiger partial charge is 0.249 e. The van der Waals surface area contributed by atoms with Gasteiger partial charge < -0.3 is 9.73 Å². The van der Waals surface area contributed by atoms with Gasteiger partial charge in [0.15, 0.2) is 0 Å². The number of nitrogens with one attached hydrogen (secondary N) is 1. The summed E-state index contributed by atoms with van der Waals surface area (Å²) in [4.78, 5) is 0. The molecule has 1 atom stereocenters. The maximum absolute atomic E-state index is 6.25. The normalized spacial score (nSPS) is 11.9. The van der Waals surface area contributed by atoms with Crippen LogP contribution < -0.4 is 5.32 Å². The van der Waals surface area contributed by atoms with Crippen LogP contribution in [0.4, 0.5) is 5.69 Å². The molecule has 1 aromatic heterocycles. The Morgan fingerprint density at radius 1 is 0.769 bits per heavy atom. The topological polar surface area (TPSA) is 51.0 Å². The van der Waals surface area contributed by atoms with Gasteiger partial charge in [-0.05, 0) is 29.8 Å². The molecule has 128 valence electrons. The van der Waals surface area contributed by atoms with Crippen LogP contribution in [0.5, 0.6) is 0 Å². The van der Waals surface area contributed by atoms with Crippen molar-refractivity contribution in [1.29, 1.82) is 0 Å². The van der Waals surface area contributed by atoms with Gasteiger partial charge in [-0.25, -0.2) is 0 Å². The van der Waals surface area contributed by atoms with Gasteiger partial charge in [-0.1, -0.05) is 72.3 Å². The summed E-state index contributed by atoms with van der Waals surface area (Å²) in [5, 5.41) is 12.5. The fourth-order valence-corrected chi connectivity index (χ4v) is 2.95. The Bertz CT molecular complexity index is 986. The molecule has 4 rings (SSSR count). The minimum Gasteiger partial charge on any atom is -0.418 e.